The molecule has 0 unspecified atom stereocenters. The van der Waals surface area contributed by atoms with Crippen LogP contribution in [0.2, 0.25) is 0 Å². The molecular weight excluding hydrogens is 566 g/mol. The fraction of sp³-hybridized carbons (Fsp3) is 0.310. The van der Waals surface area contributed by atoms with Crippen molar-refractivity contribution >= 4 is 43.5 Å². The van der Waals surface area contributed by atoms with Crippen molar-refractivity contribution in [2.45, 2.75) is 57.1 Å². The lowest BCUT2D eigenvalue weighted by Gasteiger charge is -2.34. The monoisotopic (exact) mass is 599 g/mol. The Morgan fingerprint density at radius 2 is 1.53 bits per heavy atom. The molecule has 0 heterocycles. The first kappa shape index (κ1) is 29.4. The molecule has 0 aliphatic carbocycles. The van der Waals surface area contributed by atoms with Crippen LogP contribution in [0.25, 0.3) is 0 Å². The van der Waals surface area contributed by atoms with Crippen LogP contribution in [-0.2, 0) is 26.2 Å². The van der Waals surface area contributed by atoms with Gasteiger partial charge in [0.2, 0.25) is 11.8 Å². The number of anilines is 1. The van der Waals surface area contributed by atoms with E-state index in [9.17, 15) is 18.0 Å². The number of sulfonamides is 1. The Balaban J connectivity index is 2.05. The van der Waals surface area contributed by atoms with Gasteiger partial charge in [-0.25, -0.2) is 8.42 Å². The van der Waals surface area contributed by atoms with E-state index < -0.39 is 34.1 Å². The zero-order valence-corrected chi connectivity index (χ0v) is 24.5. The number of benzene rings is 3. The Bertz CT molecular complexity index is 1340. The summed E-state index contributed by atoms with van der Waals surface area (Å²) < 4.78 is 29.3. The van der Waals surface area contributed by atoms with Gasteiger partial charge < -0.3 is 10.2 Å². The molecule has 38 heavy (non-hydrogen) atoms. The van der Waals surface area contributed by atoms with Crippen molar-refractivity contribution in [1.82, 2.24) is 10.2 Å². The van der Waals surface area contributed by atoms with Gasteiger partial charge in [-0.2, -0.15) is 0 Å². The molecule has 3 aromatic rings. The summed E-state index contributed by atoms with van der Waals surface area (Å²) in [6.07, 6.45) is 0.364. The molecule has 0 aliphatic heterocycles. The molecule has 0 bridgehead atoms. The van der Waals surface area contributed by atoms with Crippen LogP contribution in [0.5, 0.6) is 0 Å². The number of amides is 2. The van der Waals surface area contributed by atoms with Crippen LogP contribution in [0.1, 0.15) is 39.7 Å². The van der Waals surface area contributed by atoms with Crippen molar-refractivity contribution in [1.29, 1.82) is 0 Å². The minimum absolute atomic E-state index is 0.0694. The average Bonchev–Trinajstić information content (AvgIpc) is 2.87. The van der Waals surface area contributed by atoms with E-state index in [1.54, 1.807) is 42.5 Å². The first-order chi connectivity index (χ1) is 17.9. The predicted molar refractivity (Wildman–Crippen MR) is 154 cm³/mol. The molecule has 2 amide bonds. The highest BCUT2D eigenvalue weighted by molar-refractivity contribution is 9.10. The number of carbonyl (C=O) groups is 2. The molecule has 7 nitrogen and oxygen atoms in total. The molecule has 0 aromatic heterocycles. The number of rotatable bonds is 10. The Morgan fingerprint density at radius 1 is 0.921 bits per heavy atom. The van der Waals surface area contributed by atoms with Gasteiger partial charge in [0.25, 0.3) is 10.0 Å². The summed E-state index contributed by atoms with van der Waals surface area (Å²) in [5, 5.41) is 2.97. The lowest BCUT2D eigenvalue weighted by Crippen LogP contribution is -2.55. The fourth-order valence-corrected chi connectivity index (χ4v) is 5.85. The highest BCUT2D eigenvalue weighted by atomic mass is 79.9. The smallest absolute Gasteiger partial charge is 0.264 e. The average molecular weight is 601 g/mol. The molecule has 9 heteroatoms. The van der Waals surface area contributed by atoms with Crippen LogP contribution in [0.4, 0.5) is 5.69 Å². The second-order valence-corrected chi connectivity index (χ2v) is 12.8. The molecule has 3 rings (SSSR count). The third kappa shape index (κ3) is 7.68. The van der Waals surface area contributed by atoms with Crippen LogP contribution in [-0.4, -0.2) is 43.3 Å². The molecule has 202 valence electrons. The first-order valence-corrected chi connectivity index (χ1v) is 14.6. The van der Waals surface area contributed by atoms with Gasteiger partial charge in [-0.15, -0.1) is 0 Å². The molecule has 0 spiro atoms. The van der Waals surface area contributed by atoms with Crippen molar-refractivity contribution in [3.8, 4) is 0 Å². The van der Waals surface area contributed by atoms with E-state index in [-0.39, 0.29) is 17.3 Å². The van der Waals surface area contributed by atoms with E-state index in [0.717, 1.165) is 9.87 Å². The van der Waals surface area contributed by atoms with Crippen molar-refractivity contribution in [3.05, 3.63) is 95.0 Å². The molecule has 1 atom stereocenters. The second kappa shape index (κ2) is 12.6. The Morgan fingerprint density at radius 3 is 2.08 bits per heavy atom. The van der Waals surface area contributed by atoms with Gasteiger partial charge in [0.15, 0.2) is 0 Å². The normalized spacial score (nSPS) is 12.4. The summed E-state index contributed by atoms with van der Waals surface area (Å²) in [6, 6.07) is 23.4. The number of carbonyl (C=O) groups excluding carboxylic acids is 2. The van der Waals surface area contributed by atoms with E-state index in [1.807, 2.05) is 58.0 Å². The van der Waals surface area contributed by atoms with Crippen LogP contribution in [0.15, 0.2) is 94.3 Å². The number of nitrogens with one attached hydrogen (secondary N) is 1. The Labute approximate surface area is 234 Å². The molecule has 0 aliphatic rings. The van der Waals surface area contributed by atoms with Crippen molar-refractivity contribution in [2.24, 2.45) is 0 Å². The quantitative estimate of drug-likeness (QED) is 0.339. The summed E-state index contributed by atoms with van der Waals surface area (Å²) in [6.45, 7) is 7.16. The molecule has 0 fully saturated rings. The van der Waals surface area contributed by atoms with Gasteiger partial charge >= 0.3 is 0 Å². The highest BCUT2D eigenvalue weighted by Crippen LogP contribution is 2.27. The van der Waals surface area contributed by atoms with Gasteiger partial charge in [-0.3, -0.25) is 13.9 Å². The van der Waals surface area contributed by atoms with Gasteiger partial charge in [0, 0.05) is 16.6 Å². The van der Waals surface area contributed by atoms with Gasteiger partial charge in [-0.05, 0) is 63.1 Å². The zero-order chi connectivity index (χ0) is 27.9. The summed E-state index contributed by atoms with van der Waals surface area (Å²) in [4.78, 5) is 28.8. The van der Waals surface area contributed by atoms with Crippen molar-refractivity contribution in [3.63, 3.8) is 0 Å². The fourth-order valence-electron chi connectivity index (χ4n) is 4.03. The summed E-state index contributed by atoms with van der Waals surface area (Å²) in [5.74, 6) is -0.770. The molecule has 3 aromatic carbocycles. The topological polar surface area (TPSA) is 86.8 Å². The maximum atomic E-state index is 14.0. The number of nitrogens with zero attached hydrogens (tertiary/aromatic N) is 2. The summed E-state index contributed by atoms with van der Waals surface area (Å²) in [7, 11) is -4.09. The van der Waals surface area contributed by atoms with Crippen LogP contribution >= 0.6 is 15.9 Å². The molecular formula is C29H34BrN3O4S. The zero-order valence-electron chi connectivity index (χ0n) is 22.1. The largest absolute Gasteiger partial charge is 0.350 e. The molecule has 0 saturated heterocycles. The minimum Gasteiger partial charge on any atom is -0.350 e. The molecule has 0 radical (unpaired) electrons. The van der Waals surface area contributed by atoms with E-state index in [1.165, 1.54) is 17.0 Å². The number of halogens is 1. The van der Waals surface area contributed by atoms with E-state index in [0.29, 0.717) is 16.6 Å². The SMILES string of the molecule is CC[C@H](C(=O)NC(C)(C)C)N(Cc1ccccc1)C(=O)CN(c1cccc(Br)c1)S(=O)(=O)c1ccccc1. The second-order valence-electron chi connectivity index (χ2n) is 9.98. The maximum Gasteiger partial charge on any atom is 0.264 e. The maximum absolute atomic E-state index is 14.0. The first-order valence-electron chi connectivity index (χ1n) is 12.4. The van der Waals surface area contributed by atoms with Crippen molar-refractivity contribution in [2.75, 3.05) is 10.8 Å². The van der Waals surface area contributed by atoms with E-state index >= 15 is 0 Å². The van der Waals surface area contributed by atoms with Crippen molar-refractivity contribution < 1.29 is 18.0 Å². The minimum atomic E-state index is -4.09. The van der Waals surface area contributed by atoms with Gasteiger partial charge in [0.05, 0.1) is 10.6 Å². The number of hydrogen-bond acceptors (Lipinski definition) is 4. The Hall–Kier alpha value is -3.17. The lowest BCUT2D eigenvalue weighted by molar-refractivity contribution is -0.141. The predicted octanol–water partition coefficient (Wildman–Crippen LogP) is 5.37. The summed E-state index contributed by atoms with van der Waals surface area (Å²) >= 11 is 3.40. The van der Waals surface area contributed by atoms with E-state index in [2.05, 4.69) is 21.2 Å². The van der Waals surface area contributed by atoms with Gasteiger partial charge in [-0.1, -0.05) is 77.5 Å². The third-order valence-corrected chi connectivity index (χ3v) is 8.07. The lowest BCUT2D eigenvalue weighted by atomic mass is 10.1. The van der Waals surface area contributed by atoms with Crippen LogP contribution in [0, 0.1) is 0 Å². The third-order valence-electron chi connectivity index (χ3n) is 5.79. The Kier molecular flexibility index (Phi) is 9.73. The van der Waals surface area contributed by atoms with E-state index in [4.69, 9.17) is 0 Å². The standard InChI is InChI=1S/C29H34BrN3O4S/c1-5-26(28(35)31-29(2,3)4)32(20-22-13-8-6-9-14-22)27(34)21-33(24-16-12-15-23(30)19-24)38(36,37)25-17-10-7-11-18-25/h6-19,26H,5,20-21H2,1-4H3,(H,31,35)/t26-/m1/s1. The number of hydrogen-bond donors (Lipinski definition) is 1. The molecule has 1 N–H and O–H groups in total. The highest BCUT2D eigenvalue weighted by Gasteiger charge is 2.34. The molecule has 0 saturated carbocycles. The van der Waals surface area contributed by atoms with Gasteiger partial charge in [0.1, 0.15) is 12.6 Å². The van der Waals surface area contributed by atoms with Crippen LogP contribution < -0.4 is 9.62 Å². The van der Waals surface area contributed by atoms with Crippen LogP contribution in [0.3, 0.4) is 0 Å². The summed E-state index contributed by atoms with van der Waals surface area (Å²) in [5.41, 5.74) is 0.677.